The van der Waals surface area contributed by atoms with Crippen LogP contribution in [-0.4, -0.2) is 12.1 Å². The molecule has 0 spiro atoms. The lowest BCUT2D eigenvalue weighted by Gasteiger charge is -2.34. The van der Waals surface area contributed by atoms with Crippen LogP contribution in [0, 0.1) is 17.2 Å². The van der Waals surface area contributed by atoms with Crippen LogP contribution < -0.4 is 5.32 Å². The predicted octanol–water partition coefficient (Wildman–Crippen LogP) is 5.18. The number of nitrogens with one attached hydrogen (secondary N) is 1. The third-order valence-electron chi connectivity index (χ3n) is 3.60. The second-order valence-corrected chi connectivity index (χ2v) is 8.40. The van der Waals surface area contributed by atoms with Crippen LogP contribution in [-0.2, 0) is 6.42 Å². The van der Waals surface area contributed by atoms with Gasteiger partial charge >= 0.3 is 0 Å². The molecule has 0 saturated heterocycles. The Kier molecular flexibility index (Phi) is 5.79. The first kappa shape index (κ1) is 17.6. The van der Waals surface area contributed by atoms with Gasteiger partial charge in [-0.1, -0.05) is 32.9 Å². The Morgan fingerprint density at radius 2 is 1.75 bits per heavy atom. The molecule has 1 nitrogen and oxygen atoms in total. The van der Waals surface area contributed by atoms with Gasteiger partial charge in [0, 0.05) is 5.54 Å². The van der Waals surface area contributed by atoms with Gasteiger partial charge in [-0.2, -0.15) is 0 Å². The smallest absolute Gasteiger partial charge is 0.137 e. The molecule has 0 aliphatic rings. The summed E-state index contributed by atoms with van der Waals surface area (Å²) in [6.45, 7) is 14.2. The maximum absolute atomic E-state index is 13.6. The standard InChI is InChI=1S/C17H27BrFN/c1-16(2,3)13(11-20-17(4,5)6)10-12-8-7-9-14(19)15(12)18/h7-9,13,20H,10-11H2,1-6H3. The summed E-state index contributed by atoms with van der Waals surface area (Å²) in [7, 11) is 0. The molecule has 1 aromatic rings. The number of benzene rings is 1. The van der Waals surface area contributed by atoms with E-state index in [0.29, 0.717) is 10.4 Å². The zero-order valence-electron chi connectivity index (χ0n) is 13.5. The molecule has 1 N–H and O–H groups in total. The van der Waals surface area contributed by atoms with Gasteiger partial charge < -0.3 is 5.32 Å². The topological polar surface area (TPSA) is 12.0 Å². The molecule has 0 aliphatic heterocycles. The molecule has 1 rings (SSSR count). The SMILES string of the molecule is CC(C)(C)NCC(Cc1cccc(F)c1Br)C(C)(C)C. The van der Waals surface area contributed by atoms with Gasteiger partial charge in [-0.15, -0.1) is 0 Å². The largest absolute Gasteiger partial charge is 0.312 e. The van der Waals surface area contributed by atoms with Crippen LogP contribution in [0.25, 0.3) is 0 Å². The summed E-state index contributed by atoms with van der Waals surface area (Å²) in [6, 6.07) is 5.28. The number of hydrogen-bond donors (Lipinski definition) is 1. The zero-order valence-corrected chi connectivity index (χ0v) is 15.1. The van der Waals surface area contributed by atoms with Crippen molar-refractivity contribution in [2.45, 2.75) is 53.5 Å². The molecule has 0 radical (unpaired) electrons. The second kappa shape index (κ2) is 6.57. The quantitative estimate of drug-likeness (QED) is 0.793. The minimum Gasteiger partial charge on any atom is -0.312 e. The average molecular weight is 344 g/mol. The summed E-state index contributed by atoms with van der Waals surface area (Å²) in [5.41, 5.74) is 1.31. The van der Waals surface area contributed by atoms with Crippen molar-refractivity contribution < 1.29 is 4.39 Å². The lowest BCUT2D eigenvalue weighted by atomic mass is 9.77. The highest BCUT2D eigenvalue weighted by Crippen LogP contribution is 2.32. The van der Waals surface area contributed by atoms with Crippen LogP contribution in [0.1, 0.15) is 47.1 Å². The van der Waals surface area contributed by atoms with E-state index in [2.05, 4.69) is 62.8 Å². The molecule has 1 aromatic carbocycles. The highest BCUT2D eigenvalue weighted by Gasteiger charge is 2.27. The van der Waals surface area contributed by atoms with Gasteiger partial charge in [0.25, 0.3) is 0 Å². The minimum atomic E-state index is -0.182. The Balaban J connectivity index is 2.88. The first-order valence-electron chi connectivity index (χ1n) is 7.18. The highest BCUT2D eigenvalue weighted by atomic mass is 79.9. The van der Waals surface area contributed by atoms with Crippen molar-refractivity contribution >= 4 is 15.9 Å². The summed E-state index contributed by atoms with van der Waals surface area (Å²) in [6.07, 6.45) is 0.866. The van der Waals surface area contributed by atoms with Crippen molar-refractivity contribution in [1.29, 1.82) is 0 Å². The second-order valence-electron chi connectivity index (χ2n) is 7.61. The number of hydrogen-bond acceptors (Lipinski definition) is 1. The summed E-state index contributed by atoms with van der Waals surface area (Å²) < 4.78 is 14.2. The van der Waals surface area contributed by atoms with E-state index in [1.54, 1.807) is 6.07 Å². The molecular formula is C17H27BrFN. The Labute approximate surface area is 131 Å². The summed E-state index contributed by atoms with van der Waals surface area (Å²) in [4.78, 5) is 0. The molecule has 1 unspecified atom stereocenters. The molecule has 0 amide bonds. The molecule has 0 bridgehead atoms. The zero-order chi connectivity index (χ0) is 15.6. The van der Waals surface area contributed by atoms with Crippen LogP contribution in [0.3, 0.4) is 0 Å². The molecule has 114 valence electrons. The Morgan fingerprint density at radius 1 is 1.15 bits per heavy atom. The molecule has 20 heavy (non-hydrogen) atoms. The maximum Gasteiger partial charge on any atom is 0.137 e. The summed E-state index contributed by atoms with van der Waals surface area (Å²) >= 11 is 3.37. The lowest BCUT2D eigenvalue weighted by molar-refractivity contribution is 0.213. The number of rotatable bonds is 4. The van der Waals surface area contributed by atoms with Gasteiger partial charge in [-0.25, -0.2) is 4.39 Å². The fourth-order valence-electron chi connectivity index (χ4n) is 2.09. The first-order chi connectivity index (χ1) is 9.00. The van der Waals surface area contributed by atoms with Crippen LogP contribution in [0.15, 0.2) is 22.7 Å². The van der Waals surface area contributed by atoms with Crippen LogP contribution in [0.4, 0.5) is 4.39 Å². The van der Waals surface area contributed by atoms with Gasteiger partial charge in [-0.3, -0.25) is 0 Å². The summed E-state index contributed by atoms with van der Waals surface area (Å²) in [5.74, 6) is 0.263. The van der Waals surface area contributed by atoms with Crippen LogP contribution >= 0.6 is 15.9 Å². The van der Waals surface area contributed by atoms with E-state index in [9.17, 15) is 4.39 Å². The Morgan fingerprint density at radius 3 is 2.25 bits per heavy atom. The molecule has 0 aromatic heterocycles. The van der Waals surface area contributed by atoms with Gasteiger partial charge in [0.05, 0.1) is 4.47 Å². The van der Waals surface area contributed by atoms with E-state index in [-0.39, 0.29) is 16.8 Å². The van der Waals surface area contributed by atoms with Crippen molar-refractivity contribution in [2.24, 2.45) is 11.3 Å². The predicted molar refractivity (Wildman–Crippen MR) is 88.5 cm³/mol. The minimum absolute atomic E-state index is 0.0999. The van der Waals surface area contributed by atoms with E-state index in [4.69, 9.17) is 0 Å². The molecule has 1 atom stereocenters. The fraction of sp³-hybridized carbons (Fsp3) is 0.647. The summed E-state index contributed by atoms with van der Waals surface area (Å²) in [5, 5.41) is 3.57. The van der Waals surface area contributed by atoms with Gasteiger partial charge in [0.1, 0.15) is 5.82 Å². The average Bonchev–Trinajstić information content (AvgIpc) is 2.26. The maximum atomic E-state index is 13.6. The van der Waals surface area contributed by atoms with Crippen molar-refractivity contribution in [3.05, 3.63) is 34.1 Å². The molecule has 0 heterocycles. The molecule has 0 saturated carbocycles. The molecule has 0 fully saturated rings. The van der Waals surface area contributed by atoms with Crippen molar-refractivity contribution in [3.63, 3.8) is 0 Å². The fourth-order valence-corrected chi connectivity index (χ4v) is 2.51. The Bertz CT molecular complexity index is 443. The van der Waals surface area contributed by atoms with Crippen LogP contribution in [0.5, 0.6) is 0 Å². The Hall–Kier alpha value is -0.410. The third kappa shape index (κ3) is 5.53. The molecule has 3 heteroatoms. The van der Waals surface area contributed by atoms with E-state index in [1.165, 1.54) is 6.07 Å². The monoisotopic (exact) mass is 343 g/mol. The van der Waals surface area contributed by atoms with Crippen molar-refractivity contribution in [3.8, 4) is 0 Å². The number of halogens is 2. The molecular weight excluding hydrogens is 317 g/mol. The normalized spacial score (nSPS) is 14.4. The van der Waals surface area contributed by atoms with E-state index in [0.717, 1.165) is 18.5 Å². The lowest BCUT2D eigenvalue weighted by Crippen LogP contribution is -2.42. The van der Waals surface area contributed by atoms with Crippen molar-refractivity contribution in [1.82, 2.24) is 5.32 Å². The van der Waals surface area contributed by atoms with Gasteiger partial charge in [-0.05, 0) is 72.6 Å². The van der Waals surface area contributed by atoms with E-state index < -0.39 is 0 Å². The van der Waals surface area contributed by atoms with Gasteiger partial charge in [0.15, 0.2) is 0 Å². The van der Waals surface area contributed by atoms with Gasteiger partial charge in [0.2, 0.25) is 0 Å². The van der Waals surface area contributed by atoms with Crippen molar-refractivity contribution in [2.75, 3.05) is 6.54 Å². The van der Waals surface area contributed by atoms with Crippen LogP contribution in [0.2, 0.25) is 0 Å². The van der Waals surface area contributed by atoms with E-state index >= 15 is 0 Å². The van der Waals surface area contributed by atoms with E-state index in [1.807, 2.05) is 6.07 Å². The molecule has 0 aliphatic carbocycles. The first-order valence-corrected chi connectivity index (χ1v) is 7.98. The highest BCUT2D eigenvalue weighted by molar-refractivity contribution is 9.10. The third-order valence-corrected chi connectivity index (χ3v) is 4.49.